The fourth-order valence-corrected chi connectivity index (χ4v) is 5.23. The van der Waals surface area contributed by atoms with Crippen molar-refractivity contribution in [2.45, 2.75) is 44.7 Å². The number of likely N-dealkylation sites (N-methyl/N-ethyl adjacent to an activating group) is 1. The number of imide groups is 1. The largest absolute Gasteiger partial charge is 0.382 e. The molecule has 2 aliphatic rings. The van der Waals surface area contributed by atoms with Crippen LogP contribution in [0.15, 0.2) is 24.4 Å². The first kappa shape index (κ1) is 33.7. The van der Waals surface area contributed by atoms with Gasteiger partial charge in [-0.1, -0.05) is 11.3 Å². The van der Waals surface area contributed by atoms with E-state index in [1.807, 2.05) is 4.90 Å². The first-order chi connectivity index (χ1) is 22.0. The number of aldehydes is 1. The molecule has 2 N–H and O–H groups in total. The van der Waals surface area contributed by atoms with Crippen LogP contribution < -0.4 is 10.6 Å². The summed E-state index contributed by atoms with van der Waals surface area (Å²) in [6.45, 7) is 4.65. The second-order valence-corrected chi connectivity index (χ2v) is 10.6. The first-order valence-corrected chi connectivity index (χ1v) is 15.3. The molecule has 4 amide bonds. The summed E-state index contributed by atoms with van der Waals surface area (Å²) in [6.07, 6.45) is 5.60. The second kappa shape index (κ2) is 17.3. The third kappa shape index (κ3) is 8.93. The van der Waals surface area contributed by atoms with Crippen LogP contribution in [0.4, 0.5) is 5.69 Å². The van der Waals surface area contributed by atoms with E-state index in [0.717, 1.165) is 37.3 Å². The Hall–Kier alpha value is -4.21. The zero-order chi connectivity index (χ0) is 32.0. The number of aromatic nitrogens is 3. The zero-order valence-electron chi connectivity index (χ0n) is 25.6. The number of carbonyl (C=O) groups excluding carboxylic acids is 5. The average molecular weight is 628 g/mol. The minimum atomic E-state index is -1.07. The topological polar surface area (TPSA) is 174 Å². The van der Waals surface area contributed by atoms with Crippen LogP contribution in [0.2, 0.25) is 0 Å². The van der Waals surface area contributed by atoms with Crippen LogP contribution in [0.3, 0.4) is 0 Å². The van der Waals surface area contributed by atoms with Gasteiger partial charge in [0, 0.05) is 38.8 Å². The van der Waals surface area contributed by atoms with Gasteiger partial charge >= 0.3 is 0 Å². The van der Waals surface area contributed by atoms with E-state index in [-0.39, 0.29) is 29.9 Å². The average Bonchev–Trinajstić information content (AvgIpc) is 3.64. The Labute approximate surface area is 261 Å². The van der Waals surface area contributed by atoms with E-state index in [0.29, 0.717) is 70.4 Å². The molecule has 15 nitrogen and oxygen atoms in total. The van der Waals surface area contributed by atoms with Gasteiger partial charge in [-0.3, -0.25) is 24.1 Å². The number of piperidine rings is 1. The van der Waals surface area contributed by atoms with Gasteiger partial charge < -0.3 is 34.5 Å². The third-order valence-corrected chi connectivity index (χ3v) is 7.54. The van der Waals surface area contributed by atoms with Gasteiger partial charge in [-0.2, -0.15) is 0 Å². The van der Waals surface area contributed by atoms with Crippen molar-refractivity contribution in [1.82, 2.24) is 30.1 Å². The summed E-state index contributed by atoms with van der Waals surface area (Å²) in [4.78, 5) is 64.8. The normalized spacial score (nSPS) is 15.2. The summed E-state index contributed by atoms with van der Waals surface area (Å²) >= 11 is 0. The molecule has 1 unspecified atom stereocenters. The van der Waals surface area contributed by atoms with E-state index in [1.54, 1.807) is 29.1 Å². The summed E-state index contributed by atoms with van der Waals surface area (Å²) in [7, 11) is 1.42. The van der Waals surface area contributed by atoms with Crippen LogP contribution in [-0.2, 0) is 30.3 Å². The molecule has 2 aliphatic heterocycles. The highest BCUT2D eigenvalue weighted by Crippen LogP contribution is 2.31. The van der Waals surface area contributed by atoms with Crippen molar-refractivity contribution in [3.63, 3.8) is 0 Å². The van der Waals surface area contributed by atoms with E-state index in [9.17, 15) is 24.0 Å². The van der Waals surface area contributed by atoms with Gasteiger partial charge in [-0.25, -0.2) is 4.68 Å². The minimum Gasteiger partial charge on any atom is -0.382 e. The lowest BCUT2D eigenvalue weighted by Crippen LogP contribution is -2.48. The molecule has 2 aromatic rings. The van der Waals surface area contributed by atoms with Crippen LogP contribution in [-0.4, -0.2) is 127 Å². The van der Waals surface area contributed by atoms with E-state index < -0.39 is 23.8 Å². The SMILES string of the molecule is CNC(=O)C(CCC=O)N1C(=O)c2cccc(NCCOCCOCCOCCn3cc(C(=O)N4CCCCC4)nn3)c2C1=O. The fourth-order valence-electron chi connectivity index (χ4n) is 5.23. The molecule has 1 aromatic carbocycles. The summed E-state index contributed by atoms with van der Waals surface area (Å²) in [6, 6.07) is 3.82. The lowest BCUT2D eigenvalue weighted by Gasteiger charge is -2.25. The number of hydrogen-bond donors (Lipinski definition) is 2. The Balaban J connectivity index is 1.08. The molecule has 1 fully saturated rings. The van der Waals surface area contributed by atoms with Gasteiger partial charge in [-0.05, 0) is 37.8 Å². The Morgan fingerprint density at radius 1 is 0.978 bits per heavy atom. The number of nitrogens with zero attached hydrogens (tertiary/aromatic N) is 5. The smallest absolute Gasteiger partial charge is 0.276 e. The molecule has 244 valence electrons. The minimum absolute atomic E-state index is 0.0402. The maximum absolute atomic E-state index is 13.2. The number of carbonyl (C=O) groups is 5. The van der Waals surface area contributed by atoms with Crippen molar-refractivity contribution in [3.05, 3.63) is 41.2 Å². The predicted octanol–water partition coefficient (Wildman–Crippen LogP) is 0.756. The number of amides is 4. The number of anilines is 1. The molecule has 3 heterocycles. The number of rotatable bonds is 19. The number of hydrogen-bond acceptors (Lipinski definition) is 11. The number of nitrogens with one attached hydrogen (secondary N) is 2. The van der Waals surface area contributed by atoms with Crippen molar-refractivity contribution in [3.8, 4) is 0 Å². The van der Waals surface area contributed by atoms with Crippen molar-refractivity contribution >= 4 is 35.6 Å². The van der Waals surface area contributed by atoms with Gasteiger partial charge in [0.1, 0.15) is 12.3 Å². The monoisotopic (exact) mass is 627 g/mol. The molecular weight excluding hydrogens is 586 g/mol. The van der Waals surface area contributed by atoms with E-state index >= 15 is 0 Å². The number of likely N-dealkylation sites (tertiary alicyclic amines) is 1. The number of fused-ring (bicyclic) bond motifs is 1. The van der Waals surface area contributed by atoms with E-state index in [4.69, 9.17) is 14.2 Å². The van der Waals surface area contributed by atoms with Crippen LogP contribution in [0.5, 0.6) is 0 Å². The third-order valence-electron chi connectivity index (χ3n) is 7.54. The van der Waals surface area contributed by atoms with Crippen molar-refractivity contribution in [2.75, 3.05) is 71.6 Å². The van der Waals surface area contributed by atoms with Crippen LogP contribution in [0.1, 0.15) is 63.3 Å². The number of ether oxygens (including phenoxy) is 3. The highest BCUT2D eigenvalue weighted by Gasteiger charge is 2.43. The molecule has 45 heavy (non-hydrogen) atoms. The summed E-state index contributed by atoms with van der Waals surface area (Å²) in [5, 5.41) is 13.6. The Morgan fingerprint density at radius 2 is 1.69 bits per heavy atom. The van der Waals surface area contributed by atoms with Crippen LogP contribution >= 0.6 is 0 Å². The molecule has 0 spiro atoms. The maximum Gasteiger partial charge on any atom is 0.276 e. The van der Waals surface area contributed by atoms with Gasteiger partial charge in [-0.15, -0.1) is 5.10 Å². The highest BCUT2D eigenvalue weighted by atomic mass is 16.5. The predicted molar refractivity (Wildman–Crippen MR) is 161 cm³/mol. The Bertz CT molecular complexity index is 1330. The Kier molecular flexibility index (Phi) is 13.0. The zero-order valence-corrected chi connectivity index (χ0v) is 25.6. The molecule has 15 heteroatoms. The summed E-state index contributed by atoms with van der Waals surface area (Å²) in [5.74, 6) is -1.73. The van der Waals surface area contributed by atoms with Crippen molar-refractivity contribution in [2.24, 2.45) is 0 Å². The first-order valence-electron chi connectivity index (χ1n) is 15.3. The molecule has 0 radical (unpaired) electrons. The summed E-state index contributed by atoms with van der Waals surface area (Å²) in [5.41, 5.74) is 1.22. The second-order valence-electron chi connectivity index (χ2n) is 10.6. The van der Waals surface area contributed by atoms with Gasteiger partial charge in [0.2, 0.25) is 5.91 Å². The van der Waals surface area contributed by atoms with Gasteiger partial charge in [0.15, 0.2) is 5.69 Å². The van der Waals surface area contributed by atoms with Gasteiger partial charge in [0.05, 0.1) is 63.5 Å². The lowest BCUT2D eigenvalue weighted by molar-refractivity contribution is -0.124. The van der Waals surface area contributed by atoms with E-state index in [1.165, 1.54) is 7.05 Å². The molecule has 1 atom stereocenters. The molecule has 0 aliphatic carbocycles. The Morgan fingerprint density at radius 3 is 2.40 bits per heavy atom. The molecular formula is C30H41N7O8. The van der Waals surface area contributed by atoms with E-state index in [2.05, 4.69) is 20.9 Å². The number of benzene rings is 1. The molecule has 1 aromatic heterocycles. The maximum atomic E-state index is 13.2. The quantitative estimate of drug-likeness (QED) is 0.128. The standard InChI is InChI=1S/C30H41N7O8/c1-31-27(39)25(9-6-14-38)37-28(40)22-7-5-8-23(26(22)30(37)42)32-10-15-43-17-19-45-20-18-44-16-13-36-21-24(33-34-36)29(41)35-11-3-2-4-12-35/h5,7-8,14,21,25,32H,2-4,6,9-13,15-20H2,1H3,(H,31,39). The van der Waals surface area contributed by atoms with Crippen LogP contribution in [0, 0.1) is 0 Å². The molecule has 0 saturated carbocycles. The van der Waals surface area contributed by atoms with Gasteiger partial charge in [0.25, 0.3) is 17.7 Å². The van der Waals surface area contributed by atoms with Crippen LogP contribution in [0.25, 0.3) is 0 Å². The van der Waals surface area contributed by atoms with Crippen molar-refractivity contribution < 1.29 is 38.2 Å². The fraction of sp³-hybridized carbons (Fsp3) is 0.567. The molecule has 0 bridgehead atoms. The highest BCUT2D eigenvalue weighted by molar-refractivity contribution is 6.25. The van der Waals surface area contributed by atoms with Crippen molar-refractivity contribution in [1.29, 1.82) is 0 Å². The molecule has 1 saturated heterocycles. The lowest BCUT2D eigenvalue weighted by atomic mass is 10.1. The molecule has 4 rings (SSSR count). The summed E-state index contributed by atoms with van der Waals surface area (Å²) < 4.78 is 18.3.